The van der Waals surface area contributed by atoms with Crippen molar-refractivity contribution in [1.29, 1.82) is 0 Å². The highest BCUT2D eigenvalue weighted by Gasteiger charge is 2.15. The van der Waals surface area contributed by atoms with Crippen molar-refractivity contribution in [2.24, 2.45) is 4.99 Å². The van der Waals surface area contributed by atoms with Crippen molar-refractivity contribution in [3.05, 3.63) is 42.4 Å². The van der Waals surface area contributed by atoms with Crippen LogP contribution in [0.15, 0.2) is 41.5 Å². The summed E-state index contributed by atoms with van der Waals surface area (Å²) in [6.07, 6.45) is 6.77. The quantitative estimate of drug-likeness (QED) is 0.214. The second-order valence-corrected chi connectivity index (χ2v) is 7.28. The van der Waals surface area contributed by atoms with Crippen molar-refractivity contribution in [3.8, 4) is 11.3 Å². The van der Waals surface area contributed by atoms with Gasteiger partial charge in [0.2, 0.25) is 5.91 Å². The van der Waals surface area contributed by atoms with E-state index in [4.69, 9.17) is 0 Å². The molecule has 0 aliphatic carbocycles. The highest BCUT2D eigenvalue weighted by Crippen LogP contribution is 2.16. The van der Waals surface area contributed by atoms with E-state index in [1.807, 2.05) is 36.2 Å². The van der Waals surface area contributed by atoms with E-state index in [-0.39, 0.29) is 24.0 Å². The van der Waals surface area contributed by atoms with Gasteiger partial charge in [0.15, 0.2) is 5.96 Å². The first-order valence-electron chi connectivity index (χ1n) is 10.7. The molecule has 8 heteroatoms. The lowest BCUT2D eigenvalue weighted by Gasteiger charge is -2.20. The van der Waals surface area contributed by atoms with Crippen LogP contribution in [-0.4, -0.2) is 52.9 Å². The maximum atomic E-state index is 12.1. The topological polar surface area (TPSA) is 85.4 Å². The van der Waals surface area contributed by atoms with Crippen LogP contribution < -0.4 is 10.6 Å². The summed E-state index contributed by atoms with van der Waals surface area (Å²) in [5, 5.41) is 6.62. The Kier molecular flexibility index (Phi) is 10.7. The minimum absolute atomic E-state index is 0. The molecule has 0 spiro atoms. The normalized spacial score (nSPS) is 14.8. The molecule has 0 unspecified atom stereocenters. The molecule has 0 atom stereocenters. The molecule has 0 saturated carbocycles. The number of rotatable bonds is 8. The molecule has 1 amide bonds. The molecule has 3 N–H and O–H groups in total. The molecule has 3 rings (SSSR count). The summed E-state index contributed by atoms with van der Waals surface area (Å²) in [7, 11) is 0. The molecule has 1 saturated heterocycles. The van der Waals surface area contributed by atoms with E-state index < -0.39 is 0 Å². The first-order chi connectivity index (χ1) is 14.3. The smallest absolute Gasteiger partial charge is 0.222 e. The van der Waals surface area contributed by atoms with Gasteiger partial charge in [-0.25, -0.2) is 9.98 Å². The Morgan fingerprint density at radius 2 is 2.03 bits per heavy atom. The van der Waals surface area contributed by atoms with Crippen molar-refractivity contribution in [1.82, 2.24) is 25.5 Å². The van der Waals surface area contributed by atoms with Crippen LogP contribution in [0.1, 0.15) is 44.9 Å². The zero-order chi connectivity index (χ0) is 20.3. The first-order valence-corrected chi connectivity index (χ1v) is 10.7. The van der Waals surface area contributed by atoms with Gasteiger partial charge in [0.05, 0.1) is 11.9 Å². The van der Waals surface area contributed by atoms with Gasteiger partial charge in [0.1, 0.15) is 12.4 Å². The summed E-state index contributed by atoms with van der Waals surface area (Å²) in [6, 6.07) is 10.1. The van der Waals surface area contributed by atoms with E-state index in [1.54, 1.807) is 0 Å². The second-order valence-electron chi connectivity index (χ2n) is 7.28. The Morgan fingerprint density at radius 3 is 2.83 bits per heavy atom. The van der Waals surface area contributed by atoms with Gasteiger partial charge in [-0.2, -0.15) is 0 Å². The molecule has 0 radical (unpaired) electrons. The molecule has 1 fully saturated rings. The lowest BCUT2D eigenvalue weighted by atomic mass is 10.2. The highest BCUT2D eigenvalue weighted by molar-refractivity contribution is 14.0. The maximum absolute atomic E-state index is 12.1. The third-order valence-corrected chi connectivity index (χ3v) is 5.01. The third kappa shape index (κ3) is 7.62. The number of H-pyrrole nitrogens is 1. The summed E-state index contributed by atoms with van der Waals surface area (Å²) in [5.41, 5.74) is 2.11. The number of likely N-dealkylation sites (tertiary alicyclic amines) is 1. The number of hydrogen-bond donors (Lipinski definition) is 3. The SMILES string of the molecule is CCNC(=NCc1ncc(-c2ccccc2)[nH]1)NCCCN1CCCCCC1=O.I. The molecule has 1 aromatic carbocycles. The predicted octanol–water partition coefficient (Wildman–Crippen LogP) is 3.54. The number of aliphatic imine (C=N–C) groups is 1. The van der Waals surface area contributed by atoms with Crippen LogP contribution in [-0.2, 0) is 11.3 Å². The number of aromatic nitrogens is 2. The summed E-state index contributed by atoms with van der Waals surface area (Å²) in [4.78, 5) is 26.5. The zero-order valence-electron chi connectivity index (χ0n) is 17.7. The fourth-order valence-electron chi connectivity index (χ4n) is 3.45. The minimum Gasteiger partial charge on any atom is -0.357 e. The van der Waals surface area contributed by atoms with Gasteiger partial charge in [0, 0.05) is 32.6 Å². The number of halogens is 1. The number of carbonyl (C=O) groups is 1. The second kappa shape index (κ2) is 13.3. The van der Waals surface area contributed by atoms with E-state index in [2.05, 4.69) is 37.7 Å². The molecule has 164 valence electrons. The van der Waals surface area contributed by atoms with Gasteiger partial charge in [-0.1, -0.05) is 36.8 Å². The van der Waals surface area contributed by atoms with Crippen LogP contribution in [0.5, 0.6) is 0 Å². The summed E-state index contributed by atoms with van der Waals surface area (Å²) in [6.45, 7) is 5.81. The standard InChI is InChI=1S/C22H32N6O.HI/c1-2-23-22(24-13-9-15-28-14-8-4-7-12-21(28)29)26-17-20-25-16-19(27-20)18-10-5-3-6-11-18;/h3,5-6,10-11,16H,2,4,7-9,12-15,17H2,1H3,(H,25,27)(H2,23,24,26);1H. The van der Waals surface area contributed by atoms with Gasteiger partial charge in [0.25, 0.3) is 0 Å². The maximum Gasteiger partial charge on any atom is 0.222 e. The van der Waals surface area contributed by atoms with E-state index in [1.165, 1.54) is 0 Å². The number of nitrogens with one attached hydrogen (secondary N) is 3. The fraction of sp³-hybridized carbons (Fsp3) is 0.500. The number of benzene rings is 1. The van der Waals surface area contributed by atoms with Crippen LogP contribution in [0, 0.1) is 0 Å². The van der Waals surface area contributed by atoms with E-state index in [0.29, 0.717) is 18.9 Å². The molecule has 1 aromatic heterocycles. The van der Waals surface area contributed by atoms with E-state index in [9.17, 15) is 4.79 Å². The van der Waals surface area contributed by atoms with Gasteiger partial charge in [-0.3, -0.25) is 4.79 Å². The molecule has 1 aliphatic heterocycles. The number of hydrogen-bond acceptors (Lipinski definition) is 3. The van der Waals surface area contributed by atoms with Crippen LogP contribution in [0.4, 0.5) is 0 Å². The van der Waals surface area contributed by atoms with Gasteiger partial charge in [-0.15, -0.1) is 24.0 Å². The van der Waals surface area contributed by atoms with Crippen LogP contribution in [0.3, 0.4) is 0 Å². The number of guanidine groups is 1. The average molecular weight is 524 g/mol. The summed E-state index contributed by atoms with van der Waals surface area (Å²) in [5.74, 6) is 1.90. The lowest BCUT2D eigenvalue weighted by Crippen LogP contribution is -2.39. The van der Waals surface area contributed by atoms with E-state index >= 15 is 0 Å². The highest BCUT2D eigenvalue weighted by atomic mass is 127. The molecular weight excluding hydrogens is 491 g/mol. The van der Waals surface area contributed by atoms with Crippen molar-refractivity contribution in [2.75, 3.05) is 26.2 Å². The lowest BCUT2D eigenvalue weighted by molar-refractivity contribution is -0.130. The molecule has 0 bridgehead atoms. The van der Waals surface area contributed by atoms with Crippen LogP contribution >= 0.6 is 24.0 Å². The fourth-order valence-corrected chi connectivity index (χ4v) is 3.45. The minimum atomic E-state index is 0. The molecule has 2 aromatic rings. The van der Waals surface area contributed by atoms with Gasteiger partial charge in [-0.05, 0) is 31.7 Å². The van der Waals surface area contributed by atoms with Crippen molar-refractivity contribution in [2.45, 2.75) is 45.6 Å². The first kappa shape index (κ1) is 24.2. The van der Waals surface area contributed by atoms with Crippen molar-refractivity contribution in [3.63, 3.8) is 0 Å². The molecule has 7 nitrogen and oxygen atoms in total. The zero-order valence-corrected chi connectivity index (χ0v) is 20.0. The van der Waals surface area contributed by atoms with Crippen LogP contribution in [0.25, 0.3) is 11.3 Å². The number of amides is 1. The predicted molar refractivity (Wildman–Crippen MR) is 132 cm³/mol. The summed E-state index contributed by atoms with van der Waals surface area (Å²) < 4.78 is 0. The van der Waals surface area contributed by atoms with E-state index in [0.717, 1.165) is 74.9 Å². The molecule has 30 heavy (non-hydrogen) atoms. The molecular formula is C22H33IN6O. The largest absolute Gasteiger partial charge is 0.357 e. The average Bonchev–Trinajstić information content (AvgIpc) is 3.13. The number of aromatic amines is 1. The molecule has 2 heterocycles. The van der Waals surface area contributed by atoms with Gasteiger partial charge < -0.3 is 20.5 Å². The Bertz CT molecular complexity index is 792. The number of carbonyl (C=O) groups excluding carboxylic acids is 1. The molecule has 1 aliphatic rings. The van der Waals surface area contributed by atoms with Crippen molar-refractivity contribution < 1.29 is 4.79 Å². The Hall–Kier alpha value is -2.10. The monoisotopic (exact) mass is 524 g/mol. The number of imidazole rings is 1. The number of nitrogens with zero attached hydrogens (tertiary/aromatic N) is 3. The summed E-state index contributed by atoms with van der Waals surface area (Å²) >= 11 is 0. The van der Waals surface area contributed by atoms with Gasteiger partial charge >= 0.3 is 0 Å². The Labute approximate surface area is 196 Å². The Morgan fingerprint density at radius 1 is 1.20 bits per heavy atom. The Balaban J connectivity index is 0.00000320. The third-order valence-electron chi connectivity index (χ3n) is 5.01. The van der Waals surface area contributed by atoms with Crippen LogP contribution in [0.2, 0.25) is 0 Å². The van der Waals surface area contributed by atoms with Crippen molar-refractivity contribution >= 4 is 35.8 Å².